The molecule has 0 saturated carbocycles. The number of hydrogen-bond acceptors (Lipinski definition) is 3. The minimum atomic E-state index is -0.531. The predicted molar refractivity (Wildman–Crippen MR) is 101 cm³/mol. The van der Waals surface area contributed by atoms with Crippen LogP contribution in [0.5, 0.6) is 5.75 Å². The highest BCUT2D eigenvalue weighted by Crippen LogP contribution is 2.29. The minimum Gasteiger partial charge on any atom is -0.497 e. The molecule has 0 bridgehead atoms. The number of carbonyl (C=O) groups is 1. The van der Waals surface area contributed by atoms with Gasteiger partial charge in [0.1, 0.15) is 11.5 Å². The average Bonchev–Trinajstić information content (AvgIpc) is 3.20. The van der Waals surface area contributed by atoms with Crippen LogP contribution < -0.4 is 9.64 Å². The van der Waals surface area contributed by atoms with Gasteiger partial charge in [0, 0.05) is 18.2 Å². The van der Waals surface area contributed by atoms with Crippen molar-refractivity contribution in [3.63, 3.8) is 0 Å². The molecule has 26 heavy (non-hydrogen) atoms. The summed E-state index contributed by atoms with van der Waals surface area (Å²) in [5, 5.41) is 0. The summed E-state index contributed by atoms with van der Waals surface area (Å²) >= 11 is 0. The molecule has 130 valence electrons. The Balaban J connectivity index is 2.03. The summed E-state index contributed by atoms with van der Waals surface area (Å²) in [4.78, 5) is 14.1. The summed E-state index contributed by atoms with van der Waals surface area (Å²) in [6.07, 6.45) is 1.58. The first-order valence-corrected chi connectivity index (χ1v) is 8.23. The van der Waals surface area contributed by atoms with E-state index >= 15 is 0 Å². The average molecular weight is 345 g/mol. The van der Waals surface area contributed by atoms with Gasteiger partial charge in [-0.05, 0) is 48.5 Å². The van der Waals surface area contributed by atoms with Crippen molar-refractivity contribution in [2.75, 3.05) is 12.0 Å². The minimum absolute atomic E-state index is 0.126. The second-order valence-electron chi connectivity index (χ2n) is 5.64. The van der Waals surface area contributed by atoms with E-state index in [9.17, 15) is 4.79 Å². The lowest BCUT2D eigenvalue weighted by molar-refractivity contribution is -0.116. The molecule has 0 N–H and O–H groups in total. The van der Waals surface area contributed by atoms with Gasteiger partial charge >= 0.3 is 0 Å². The Hall–Kier alpha value is -3.45. The van der Waals surface area contributed by atoms with Crippen molar-refractivity contribution in [3.05, 3.63) is 84.3 Å². The van der Waals surface area contributed by atoms with E-state index in [1.54, 1.807) is 24.3 Å². The van der Waals surface area contributed by atoms with Crippen molar-refractivity contribution in [1.82, 2.24) is 0 Å². The van der Waals surface area contributed by atoms with E-state index in [2.05, 4.69) is 11.8 Å². The molecule has 0 fully saturated rings. The fraction of sp³-hybridized carbons (Fsp3) is 0.136. The molecule has 0 aliphatic carbocycles. The lowest BCUT2D eigenvalue weighted by atomic mass is 10.1. The molecule has 0 aliphatic rings. The van der Waals surface area contributed by atoms with Gasteiger partial charge in [-0.3, -0.25) is 9.69 Å². The highest BCUT2D eigenvalue weighted by Gasteiger charge is 2.25. The van der Waals surface area contributed by atoms with Crippen LogP contribution in [0.15, 0.2) is 77.4 Å². The van der Waals surface area contributed by atoms with Gasteiger partial charge in [-0.25, -0.2) is 0 Å². The van der Waals surface area contributed by atoms with Gasteiger partial charge in [0.15, 0.2) is 6.04 Å². The third kappa shape index (κ3) is 3.96. The van der Waals surface area contributed by atoms with Gasteiger partial charge in [-0.1, -0.05) is 30.0 Å². The number of methoxy groups -OCH3 is 1. The number of furan rings is 1. The van der Waals surface area contributed by atoms with E-state index in [4.69, 9.17) is 9.15 Å². The highest BCUT2D eigenvalue weighted by atomic mass is 16.5. The molecule has 1 atom stereocenters. The molecule has 0 aliphatic heterocycles. The van der Waals surface area contributed by atoms with E-state index in [1.165, 1.54) is 6.92 Å². The summed E-state index contributed by atoms with van der Waals surface area (Å²) in [6, 6.07) is 20.0. The molecular formula is C22H19NO3. The fourth-order valence-electron chi connectivity index (χ4n) is 2.64. The molecule has 1 amide bonds. The number of benzene rings is 2. The van der Waals surface area contributed by atoms with Crippen LogP contribution in [0.2, 0.25) is 0 Å². The maximum atomic E-state index is 12.4. The third-order valence-electron chi connectivity index (χ3n) is 3.89. The molecule has 1 unspecified atom stereocenters. The molecule has 3 aromatic rings. The molecule has 0 radical (unpaired) electrons. The number of nitrogens with zero attached hydrogens (tertiary/aromatic N) is 1. The van der Waals surface area contributed by atoms with Crippen molar-refractivity contribution < 1.29 is 13.9 Å². The monoisotopic (exact) mass is 345 g/mol. The van der Waals surface area contributed by atoms with Crippen LogP contribution in [0.1, 0.15) is 24.3 Å². The molecule has 1 heterocycles. The molecule has 3 rings (SSSR count). The van der Waals surface area contributed by atoms with Crippen LogP contribution in [0.3, 0.4) is 0 Å². The van der Waals surface area contributed by atoms with E-state index in [0.717, 1.165) is 17.0 Å². The van der Waals surface area contributed by atoms with E-state index < -0.39 is 6.04 Å². The SMILES string of the molecule is COc1ccc(N(C(C)=O)C(C#Cc2ccccc2)c2ccco2)cc1. The molecular weight excluding hydrogens is 326 g/mol. The molecule has 1 aromatic heterocycles. The van der Waals surface area contributed by atoms with Crippen molar-refractivity contribution in [3.8, 4) is 17.6 Å². The Morgan fingerprint density at radius 2 is 1.77 bits per heavy atom. The summed E-state index contributed by atoms with van der Waals surface area (Å²) in [5.41, 5.74) is 1.60. The summed E-state index contributed by atoms with van der Waals surface area (Å²) in [6.45, 7) is 1.52. The van der Waals surface area contributed by atoms with Gasteiger partial charge in [0.05, 0.1) is 13.4 Å². The quantitative estimate of drug-likeness (QED) is 0.657. The van der Waals surface area contributed by atoms with Crippen LogP contribution in [0.25, 0.3) is 0 Å². The first kappa shape index (κ1) is 17.4. The zero-order valence-corrected chi connectivity index (χ0v) is 14.7. The molecule has 0 saturated heterocycles. The summed E-state index contributed by atoms with van der Waals surface area (Å²) in [5.74, 6) is 7.52. The van der Waals surface area contributed by atoms with E-state index in [0.29, 0.717) is 5.76 Å². The lowest BCUT2D eigenvalue weighted by Crippen LogP contribution is -2.32. The van der Waals surface area contributed by atoms with Crippen LogP contribution in [0.4, 0.5) is 5.69 Å². The van der Waals surface area contributed by atoms with Crippen LogP contribution in [0, 0.1) is 11.8 Å². The highest BCUT2D eigenvalue weighted by molar-refractivity contribution is 5.93. The zero-order chi connectivity index (χ0) is 18.4. The lowest BCUT2D eigenvalue weighted by Gasteiger charge is -2.26. The van der Waals surface area contributed by atoms with E-state index in [1.807, 2.05) is 60.7 Å². The standard InChI is InChI=1S/C22H19NO3/c1-17(24)23(19-11-13-20(25-2)14-12-19)21(22-9-6-16-26-22)15-10-18-7-4-3-5-8-18/h3-9,11-14,16,21H,1-2H3. The van der Waals surface area contributed by atoms with Crippen molar-refractivity contribution in [2.45, 2.75) is 13.0 Å². The van der Waals surface area contributed by atoms with Gasteiger partial charge in [0.25, 0.3) is 0 Å². The number of carbonyl (C=O) groups excluding carboxylic acids is 1. The van der Waals surface area contributed by atoms with Crippen LogP contribution in [-0.4, -0.2) is 13.0 Å². The summed E-state index contributed by atoms with van der Waals surface area (Å²) < 4.78 is 10.8. The van der Waals surface area contributed by atoms with Crippen molar-refractivity contribution in [2.24, 2.45) is 0 Å². The largest absolute Gasteiger partial charge is 0.497 e. The zero-order valence-electron chi connectivity index (χ0n) is 14.7. The normalized spacial score (nSPS) is 11.2. The smallest absolute Gasteiger partial charge is 0.225 e. The molecule has 0 spiro atoms. The number of amides is 1. The van der Waals surface area contributed by atoms with E-state index in [-0.39, 0.29) is 5.91 Å². The number of rotatable bonds is 4. The van der Waals surface area contributed by atoms with Crippen molar-refractivity contribution >= 4 is 11.6 Å². The van der Waals surface area contributed by atoms with Gasteiger partial charge in [0.2, 0.25) is 5.91 Å². The summed E-state index contributed by atoms with van der Waals surface area (Å²) in [7, 11) is 1.61. The number of ether oxygens (including phenoxy) is 1. The Bertz CT molecular complexity index is 904. The Morgan fingerprint density at radius 3 is 2.35 bits per heavy atom. The Kier molecular flexibility index (Phi) is 5.40. The third-order valence-corrected chi connectivity index (χ3v) is 3.89. The van der Waals surface area contributed by atoms with Crippen LogP contribution >= 0.6 is 0 Å². The second-order valence-corrected chi connectivity index (χ2v) is 5.64. The van der Waals surface area contributed by atoms with Crippen LogP contribution in [-0.2, 0) is 4.79 Å². The Morgan fingerprint density at radius 1 is 1.04 bits per heavy atom. The first-order chi connectivity index (χ1) is 12.7. The predicted octanol–water partition coefficient (Wildman–Crippen LogP) is 4.43. The maximum absolute atomic E-state index is 12.4. The van der Waals surface area contributed by atoms with Crippen molar-refractivity contribution in [1.29, 1.82) is 0 Å². The topological polar surface area (TPSA) is 42.7 Å². The van der Waals surface area contributed by atoms with Gasteiger partial charge in [-0.2, -0.15) is 0 Å². The first-order valence-electron chi connectivity index (χ1n) is 8.23. The Labute approximate surface area is 153 Å². The number of hydrogen-bond donors (Lipinski definition) is 0. The molecule has 4 heteroatoms. The van der Waals surface area contributed by atoms with Gasteiger partial charge in [-0.15, -0.1) is 0 Å². The second kappa shape index (κ2) is 8.09. The maximum Gasteiger partial charge on any atom is 0.225 e. The fourth-order valence-corrected chi connectivity index (χ4v) is 2.64. The molecule has 2 aromatic carbocycles. The molecule has 4 nitrogen and oxygen atoms in total. The number of anilines is 1. The van der Waals surface area contributed by atoms with Gasteiger partial charge < -0.3 is 9.15 Å².